The summed E-state index contributed by atoms with van der Waals surface area (Å²) < 4.78 is 20.7. The SMILES string of the molecule is CC=CCOc1ccc(-c2ccc3cc(CC/C=C/C)ccc3c2F)cc1. The molecule has 0 radical (unpaired) electrons. The van der Waals surface area contributed by atoms with Crippen molar-refractivity contribution in [2.45, 2.75) is 26.7 Å². The molecule has 0 heterocycles. The predicted molar refractivity (Wildman–Crippen MR) is 113 cm³/mol. The fraction of sp³-hybridized carbons (Fsp3) is 0.200. The van der Waals surface area contributed by atoms with Crippen molar-refractivity contribution < 1.29 is 9.13 Å². The largest absolute Gasteiger partial charge is 0.490 e. The smallest absolute Gasteiger partial charge is 0.138 e. The molecule has 3 aromatic carbocycles. The molecule has 0 bridgehead atoms. The number of fused-ring (bicyclic) bond motifs is 1. The highest BCUT2D eigenvalue weighted by molar-refractivity contribution is 5.88. The number of hydrogen-bond acceptors (Lipinski definition) is 1. The minimum absolute atomic E-state index is 0.171. The van der Waals surface area contributed by atoms with Crippen LogP contribution >= 0.6 is 0 Å². The molecule has 0 saturated carbocycles. The standard InChI is InChI=1S/C25H25FO/c1-3-5-7-8-19-9-15-24-21(18-19)12-16-23(25(24)26)20-10-13-22(14-11-20)27-17-6-4-2/h3-6,9-16,18H,7-8,17H2,1-2H3/b5-3+,6-4?. The van der Waals surface area contributed by atoms with Crippen LogP contribution in [0.25, 0.3) is 21.9 Å². The maximum atomic E-state index is 15.1. The van der Waals surface area contributed by atoms with E-state index in [-0.39, 0.29) is 5.82 Å². The number of halogens is 1. The van der Waals surface area contributed by atoms with Gasteiger partial charge >= 0.3 is 0 Å². The van der Waals surface area contributed by atoms with Gasteiger partial charge in [-0.15, -0.1) is 0 Å². The van der Waals surface area contributed by atoms with Crippen LogP contribution in [0.4, 0.5) is 4.39 Å². The summed E-state index contributed by atoms with van der Waals surface area (Å²) in [5, 5.41) is 1.61. The van der Waals surface area contributed by atoms with Gasteiger partial charge in [-0.3, -0.25) is 0 Å². The molecule has 0 spiro atoms. The summed E-state index contributed by atoms with van der Waals surface area (Å²) in [5.41, 5.74) is 2.70. The molecule has 0 saturated heterocycles. The van der Waals surface area contributed by atoms with Crippen LogP contribution in [0.1, 0.15) is 25.8 Å². The van der Waals surface area contributed by atoms with Crippen molar-refractivity contribution in [3.05, 3.63) is 90.3 Å². The second-order valence-corrected chi connectivity index (χ2v) is 6.49. The van der Waals surface area contributed by atoms with Crippen molar-refractivity contribution in [3.8, 4) is 16.9 Å². The Morgan fingerprint density at radius 1 is 0.889 bits per heavy atom. The van der Waals surface area contributed by atoms with Gasteiger partial charge in [0.1, 0.15) is 18.2 Å². The van der Waals surface area contributed by atoms with Gasteiger partial charge in [0.25, 0.3) is 0 Å². The molecular formula is C25H25FO. The Hall–Kier alpha value is -2.87. The molecule has 27 heavy (non-hydrogen) atoms. The van der Waals surface area contributed by atoms with E-state index >= 15 is 4.39 Å². The second kappa shape index (κ2) is 9.18. The van der Waals surface area contributed by atoms with Crippen LogP contribution in [-0.4, -0.2) is 6.61 Å². The van der Waals surface area contributed by atoms with Crippen molar-refractivity contribution in [3.63, 3.8) is 0 Å². The lowest BCUT2D eigenvalue weighted by Gasteiger charge is -2.10. The van der Waals surface area contributed by atoms with Crippen LogP contribution in [-0.2, 0) is 6.42 Å². The molecule has 0 aliphatic heterocycles. The lowest BCUT2D eigenvalue weighted by Crippen LogP contribution is -1.93. The van der Waals surface area contributed by atoms with E-state index in [1.165, 1.54) is 5.56 Å². The zero-order valence-corrected chi connectivity index (χ0v) is 15.9. The zero-order valence-electron chi connectivity index (χ0n) is 15.9. The van der Waals surface area contributed by atoms with Gasteiger partial charge in [0.2, 0.25) is 0 Å². The number of allylic oxidation sites excluding steroid dienone is 3. The fourth-order valence-corrected chi connectivity index (χ4v) is 3.11. The maximum absolute atomic E-state index is 15.1. The van der Waals surface area contributed by atoms with Gasteiger partial charge in [-0.25, -0.2) is 4.39 Å². The third-order valence-electron chi connectivity index (χ3n) is 4.60. The highest BCUT2D eigenvalue weighted by atomic mass is 19.1. The molecule has 0 N–H and O–H groups in total. The Morgan fingerprint density at radius 2 is 1.67 bits per heavy atom. The van der Waals surface area contributed by atoms with Crippen LogP contribution in [0.5, 0.6) is 5.75 Å². The van der Waals surface area contributed by atoms with E-state index in [9.17, 15) is 0 Å². The van der Waals surface area contributed by atoms with Crippen molar-refractivity contribution in [2.24, 2.45) is 0 Å². The van der Waals surface area contributed by atoms with Gasteiger partial charge in [-0.1, -0.05) is 66.8 Å². The van der Waals surface area contributed by atoms with E-state index in [1.807, 2.05) is 74.5 Å². The van der Waals surface area contributed by atoms with Gasteiger partial charge in [0.15, 0.2) is 0 Å². The summed E-state index contributed by atoms with van der Waals surface area (Å²) in [7, 11) is 0. The topological polar surface area (TPSA) is 9.23 Å². The third-order valence-corrected chi connectivity index (χ3v) is 4.60. The van der Waals surface area contributed by atoms with Gasteiger partial charge in [-0.05, 0) is 55.3 Å². The van der Waals surface area contributed by atoms with Gasteiger partial charge in [-0.2, -0.15) is 0 Å². The molecule has 0 fully saturated rings. The molecule has 0 amide bonds. The quantitative estimate of drug-likeness (QED) is 0.408. The van der Waals surface area contributed by atoms with Gasteiger partial charge < -0.3 is 4.74 Å². The van der Waals surface area contributed by atoms with E-state index in [0.717, 1.165) is 29.5 Å². The summed E-state index contributed by atoms with van der Waals surface area (Å²) in [6, 6.07) is 17.4. The number of aryl methyl sites for hydroxylation is 1. The van der Waals surface area contributed by atoms with Crippen molar-refractivity contribution >= 4 is 10.8 Å². The molecule has 0 aliphatic rings. The van der Waals surface area contributed by atoms with Crippen molar-refractivity contribution in [1.29, 1.82) is 0 Å². The van der Waals surface area contributed by atoms with E-state index in [4.69, 9.17) is 4.74 Å². The van der Waals surface area contributed by atoms with Crippen molar-refractivity contribution in [2.75, 3.05) is 6.61 Å². The molecule has 0 unspecified atom stereocenters. The van der Waals surface area contributed by atoms with Crippen LogP contribution in [0.15, 0.2) is 78.9 Å². The summed E-state index contributed by atoms with van der Waals surface area (Å²) in [5.74, 6) is 0.610. The van der Waals surface area contributed by atoms with E-state index < -0.39 is 0 Å². The van der Waals surface area contributed by atoms with Gasteiger partial charge in [0.05, 0.1) is 0 Å². The molecular weight excluding hydrogens is 335 g/mol. The molecule has 0 aliphatic carbocycles. The normalized spacial score (nSPS) is 11.7. The molecule has 3 rings (SSSR count). The number of benzene rings is 3. The highest BCUT2D eigenvalue weighted by Crippen LogP contribution is 2.30. The molecule has 0 aromatic heterocycles. The Kier molecular flexibility index (Phi) is 6.43. The lowest BCUT2D eigenvalue weighted by atomic mass is 9.98. The first-order valence-corrected chi connectivity index (χ1v) is 9.39. The Bertz CT molecular complexity index is 952. The number of ether oxygens (including phenoxy) is 1. The van der Waals surface area contributed by atoms with Crippen LogP contribution in [0.3, 0.4) is 0 Å². The minimum atomic E-state index is -0.171. The fourth-order valence-electron chi connectivity index (χ4n) is 3.11. The minimum Gasteiger partial charge on any atom is -0.490 e. The third kappa shape index (κ3) is 4.65. The van der Waals surface area contributed by atoms with Crippen molar-refractivity contribution in [1.82, 2.24) is 0 Å². The second-order valence-electron chi connectivity index (χ2n) is 6.49. The average molecular weight is 360 g/mol. The Morgan fingerprint density at radius 3 is 2.41 bits per heavy atom. The first kappa shape index (κ1) is 18.9. The molecule has 138 valence electrons. The van der Waals surface area contributed by atoms with Crippen LogP contribution in [0.2, 0.25) is 0 Å². The highest BCUT2D eigenvalue weighted by Gasteiger charge is 2.10. The van der Waals surface area contributed by atoms with Crippen LogP contribution < -0.4 is 4.74 Å². The lowest BCUT2D eigenvalue weighted by molar-refractivity contribution is 0.363. The molecule has 3 aromatic rings. The predicted octanol–water partition coefficient (Wildman–Crippen LogP) is 7.11. The Balaban J connectivity index is 1.84. The number of rotatable bonds is 7. The van der Waals surface area contributed by atoms with E-state index in [0.29, 0.717) is 17.6 Å². The molecule has 0 atom stereocenters. The summed E-state index contributed by atoms with van der Waals surface area (Å²) >= 11 is 0. The van der Waals surface area contributed by atoms with Crippen LogP contribution in [0, 0.1) is 5.82 Å². The average Bonchev–Trinajstić information content (AvgIpc) is 2.69. The first-order chi connectivity index (χ1) is 13.2. The Labute approximate surface area is 160 Å². The van der Waals surface area contributed by atoms with E-state index in [2.05, 4.69) is 18.2 Å². The van der Waals surface area contributed by atoms with Gasteiger partial charge in [0, 0.05) is 10.9 Å². The number of hydrogen-bond donors (Lipinski definition) is 0. The van der Waals surface area contributed by atoms with E-state index in [1.54, 1.807) is 0 Å². The first-order valence-electron chi connectivity index (χ1n) is 9.39. The summed E-state index contributed by atoms with van der Waals surface area (Å²) in [4.78, 5) is 0. The zero-order chi connectivity index (χ0) is 19.1. The molecule has 2 heteroatoms. The summed E-state index contributed by atoms with van der Waals surface area (Å²) in [6.07, 6.45) is 10.1. The monoisotopic (exact) mass is 360 g/mol. The summed E-state index contributed by atoms with van der Waals surface area (Å²) in [6.45, 7) is 4.52. The maximum Gasteiger partial charge on any atom is 0.138 e. The molecule has 1 nitrogen and oxygen atoms in total.